The number of hydrogen-bond acceptors (Lipinski definition) is 2. The molecule has 0 amide bonds. The molecule has 22 heavy (non-hydrogen) atoms. The average molecular weight is 361 g/mol. The van der Waals surface area contributed by atoms with Gasteiger partial charge in [-0.3, -0.25) is 0 Å². The van der Waals surface area contributed by atoms with Gasteiger partial charge in [-0.25, -0.2) is 4.79 Å². The lowest BCUT2D eigenvalue weighted by Crippen LogP contribution is -2.00. The largest absolute Gasteiger partial charge is 0.465 e. The molecule has 0 saturated heterocycles. The lowest BCUT2D eigenvalue weighted by molar-refractivity contribution is 0.0602. The van der Waals surface area contributed by atoms with E-state index in [0.29, 0.717) is 11.5 Å². The zero-order valence-electron chi connectivity index (χ0n) is 13.2. The van der Waals surface area contributed by atoms with Gasteiger partial charge >= 0.3 is 5.97 Å². The molecular formula is C19H21BrO2. The first kappa shape index (κ1) is 16.8. The number of esters is 1. The van der Waals surface area contributed by atoms with Crippen molar-refractivity contribution in [1.82, 2.24) is 0 Å². The summed E-state index contributed by atoms with van der Waals surface area (Å²) < 4.78 is 4.93. The van der Waals surface area contributed by atoms with Crippen LogP contribution in [0.3, 0.4) is 0 Å². The maximum Gasteiger partial charge on any atom is 0.338 e. The molecule has 0 aromatic carbocycles. The Labute approximate surface area is 140 Å². The van der Waals surface area contributed by atoms with Gasteiger partial charge in [0.2, 0.25) is 0 Å². The van der Waals surface area contributed by atoms with Crippen LogP contribution < -0.4 is 0 Å². The molecule has 0 atom stereocenters. The molecule has 3 heteroatoms. The van der Waals surface area contributed by atoms with Crippen molar-refractivity contribution >= 4 is 21.9 Å². The Morgan fingerprint density at radius 3 is 2.45 bits per heavy atom. The third kappa shape index (κ3) is 3.58. The third-order valence-corrected chi connectivity index (χ3v) is 4.17. The minimum atomic E-state index is -0.280. The number of rotatable bonds is 5. The zero-order valence-corrected chi connectivity index (χ0v) is 14.8. The molecule has 0 fully saturated rings. The molecule has 2 rings (SSSR count). The van der Waals surface area contributed by atoms with Crippen LogP contribution in [0.2, 0.25) is 0 Å². The van der Waals surface area contributed by atoms with Gasteiger partial charge in [0.05, 0.1) is 12.7 Å². The van der Waals surface area contributed by atoms with Crippen LogP contribution in [-0.4, -0.2) is 18.4 Å². The second-order valence-electron chi connectivity index (χ2n) is 5.55. The smallest absolute Gasteiger partial charge is 0.338 e. The van der Waals surface area contributed by atoms with Gasteiger partial charge in [-0.15, -0.1) is 0 Å². The van der Waals surface area contributed by atoms with Crippen LogP contribution in [0, 0.1) is 0 Å². The second kappa shape index (κ2) is 7.59. The van der Waals surface area contributed by atoms with Gasteiger partial charge in [0.1, 0.15) is 0 Å². The average Bonchev–Trinajstić information content (AvgIpc) is 2.70. The summed E-state index contributed by atoms with van der Waals surface area (Å²) in [5.74, 6) is 0.174. The Hall–Kier alpha value is -1.61. The first-order valence-corrected chi connectivity index (χ1v) is 8.55. The maximum absolute atomic E-state index is 12.0. The van der Waals surface area contributed by atoms with Crippen molar-refractivity contribution in [2.24, 2.45) is 0 Å². The van der Waals surface area contributed by atoms with Gasteiger partial charge in [0.15, 0.2) is 0 Å². The molecule has 0 radical (unpaired) electrons. The van der Waals surface area contributed by atoms with E-state index in [2.05, 4.69) is 60.1 Å². The van der Waals surface area contributed by atoms with Crippen molar-refractivity contribution in [3.8, 4) is 11.1 Å². The summed E-state index contributed by atoms with van der Waals surface area (Å²) in [5.41, 5.74) is 5.13. The summed E-state index contributed by atoms with van der Waals surface area (Å²) in [6, 6.07) is 10.3. The van der Waals surface area contributed by atoms with E-state index < -0.39 is 0 Å². The predicted molar refractivity (Wildman–Crippen MR) is 95.1 cm³/mol. The van der Waals surface area contributed by atoms with E-state index in [-0.39, 0.29) is 5.97 Å². The molecule has 0 heterocycles. The molecule has 116 valence electrons. The van der Waals surface area contributed by atoms with Gasteiger partial charge in [0.25, 0.3) is 0 Å². The SMILES string of the molecule is COC(=O)c1cc(C/C=C\CBr)c2ccc(C(C)C)ccc1-2. The Bertz CT molecular complexity index is 659. The number of halogens is 1. The number of methoxy groups -OCH3 is 1. The monoisotopic (exact) mass is 360 g/mol. The van der Waals surface area contributed by atoms with Crippen LogP contribution in [0.25, 0.3) is 11.1 Å². The fraction of sp³-hybridized carbons (Fsp3) is 0.316. The summed E-state index contributed by atoms with van der Waals surface area (Å²) in [5, 5.41) is 0.834. The van der Waals surface area contributed by atoms with Crippen molar-refractivity contribution in [3.05, 3.63) is 59.2 Å². The molecule has 0 N–H and O–H groups in total. The Morgan fingerprint density at radius 2 is 1.86 bits per heavy atom. The summed E-state index contributed by atoms with van der Waals surface area (Å²) in [6.45, 7) is 4.34. The molecule has 0 unspecified atom stereocenters. The van der Waals surface area contributed by atoms with Gasteiger partial charge in [-0.2, -0.15) is 0 Å². The molecule has 0 saturated carbocycles. The highest BCUT2D eigenvalue weighted by Crippen LogP contribution is 2.34. The lowest BCUT2D eigenvalue weighted by atomic mass is 10.1. The highest BCUT2D eigenvalue weighted by molar-refractivity contribution is 9.09. The van der Waals surface area contributed by atoms with Crippen molar-refractivity contribution in [2.45, 2.75) is 26.2 Å². The Balaban J connectivity index is 2.55. The molecule has 0 aliphatic heterocycles. The van der Waals surface area contributed by atoms with E-state index in [9.17, 15) is 4.79 Å². The molecular weight excluding hydrogens is 340 g/mol. The Morgan fingerprint density at radius 1 is 1.18 bits per heavy atom. The number of alkyl halides is 1. The number of ether oxygens (including phenoxy) is 1. The predicted octanol–water partition coefficient (Wildman–Crippen LogP) is 5.20. The van der Waals surface area contributed by atoms with Crippen LogP contribution >= 0.6 is 15.9 Å². The number of carbonyl (C=O) groups is 1. The lowest BCUT2D eigenvalue weighted by Gasteiger charge is -2.00. The summed E-state index contributed by atoms with van der Waals surface area (Å²) in [7, 11) is 1.42. The number of hydrogen-bond donors (Lipinski definition) is 0. The van der Waals surface area contributed by atoms with Gasteiger partial charge < -0.3 is 4.74 Å². The van der Waals surface area contributed by atoms with Gasteiger partial charge in [-0.1, -0.05) is 66.2 Å². The van der Waals surface area contributed by atoms with Crippen molar-refractivity contribution in [3.63, 3.8) is 0 Å². The number of fused-ring (bicyclic) bond motifs is 1. The van der Waals surface area contributed by atoms with Crippen LogP contribution in [0.4, 0.5) is 0 Å². The summed E-state index contributed by atoms with van der Waals surface area (Å²) in [6.07, 6.45) is 4.99. The van der Waals surface area contributed by atoms with E-state index in [1.165, 1.54) is 12.7 Å². The molecule has 0 aromatic heterocycles. The van der Waals surface area contributed by atoms with Crippen LogP contribution in [0.15, 0.2) is 42.5 Å². The maximum atomic E-state index is 12.0. The first-order chi connectivity index (χ1) is 10.6. The highest BCUT2D eigenvalue weighted by Gasteiger charge is 2.20. The minimum Gasteiger partial charge on any atom is -0.465 e. The van der Waals surface area contributed by atoms with E-state index in [1.807, 2.05) is 12.1 Å². The van der Waals surface area contributed by atoms with Crippen LogP contribution in [0.5, 0.6) is 0 Å². The van der Waals surface area contributed by atoms with Gasteiger partial charge in [0, 0.05) is 5.33 Å². The number of allylic oxidation sites excluding steroid dienone is 2. The molecule has 0 bridgehead atoms. The second-order valence-corrected chi connectivity index (χ2v) is 6.20. The third-order valence-electron chi connectivity index (χ3n) is 3.80. The van der Waals surface area contributed by atoms with E-state index in [0.717, 1.165) is 28.4 Å². The normalized spacial score (nSPS) is 11.5. The number of carbonyl (C=O) groups excluding carboxylic acids is 1. The van der Waals surface area contributed by atoms with E-state index >= 15 is 0 Å². The summed E-state index contributed by atoms with van der Waals surface area (Å²) >= 11 is 3.38. The summed E-state index contributed by atoms with van der Waals surface area (Å²) in [4.78, 5) is 12.0. The standard InChI is InChI=1S/C19H21BrO2/c1-13(2)14-7-9-16-15(6-4-5-11-20)12-18(19(21)22-3)17(16)10-8-14/h4-5,7-10,12-13H,6,11H2,1-3H3/b5-4-. The van der Waals surface area contributed by atoms with Crippen molar-refractivity contribution in [2.75, 3.05) is 12.4 Å². The molecule has 2 aliphatic carbocycles. The minimum absolute atomic E-state index is 0.280. The zero-order chi connectivity index (χ0) is 16.1. The van der Waals surface area contributed by atoms with Crippen molar-refractivity contribution < 1.29 is 9.53 Å². The molecule has 0 aromatic rings. The fourth-order valence-corrected chi connectivity index (χ4v) is 2.81. The quantitative estimate of drug-likeness (QED) is 0.416. The van der Waals surface area contributed by atoms with Crippen LogP contribution in [-0.2, 0) is 11.2 Å². The first-order valence-electron chi connectivity index (χ1n) is 7.43. The molecule has 2 aliphatic rings. The van der Waals surface area contributed by atoms with Crippen molar-refractivity contribution in [1.29, 1.82) is 0 Å². The van der Waals surface area contributed by atoms with Crippen LogP contribution in [0.1, 0.15) is 41.3 Å². The van der Waals surface area contributed by atoms with E-state index in [1.54, 1.807) is 0 Å². The van der Waals surface area contributed by atoms with Gasteiger partial charge in [-0.05, 0) is 40.7 Å². The Kier molecular flexibility index (Phi) is 5.78. The van der Waals surface area contributed by atoms with E-state index in [4.69, 9.17) is 4.74 Å². The molecule has 2 nitrogen and oxygen atoms in total. The topological polar surface area (TPSA) is 26.3 Å². The fourth-order valence-electron chi connectivity index (χ4n) is 2.54. The highest BCUT2D eigenvalue weighted by atomic mass is 79.9. The molecule has 0 spiro atoms.